The van der Waals surface area contributed by atoms with Crippen molar-refractivity contribution in [1.29, 1.82) is 0 Å². The monoisotopic (exact) mass is 580 g/mol. The number of phenolic OH excluding ortho intramolecular Hbond substituents is 1. The number of aliphatic hydroxyl groups is 9. The molecule has 3 aliphatic rings. The number of fused-ring (bicyclic) bond motifs is 2. The molecule has 2 aliphatic heterocycles. The van der Waals surface area contributed by atoms with Crippen molar-refractivity contribution in [3.63, 3.8) is 0 Å². The van der Waals surface area contributed by atoms with Gasteiger partial charge in [0.15, 0.2) is 0 Å². The van der Waals surface area contributed by atoms with Gasteiger partial charge in [-0.1, -0.05) is 18.2 Å². The van der Waals surface area contributed by atoms with Gasteiger partial charge in [0, 0.05) is 11.1 Å². The number of hydrogen-bond donors (Lipinski definition) is 10. The zero-order valence-corrected chi connectivity index (χ0v) is 21.7. The predicted molar refractivity (Wildman–Crippen MR) is 134 cm³/mol. The van der Waals surface area contributed by atoms with E-state index in [1.165, 1.54) is 30.3 Å². The van der Waals surface area contributed by atoms with Crippen molar-refractivity contribution >= 4 is 5.78 Å². The first-order valence-corrected chi connectivity index (χ1v) is 12.9. The lowest BCUT2D eigenvalue weighted by molar-refractivity contribution is -0.277. The van der Waals surface area contributed by atoms with E-state index in [9.17, 15) is 55.9 Å². The van der Waals surface area contributed by atoms with E-state index in [1.54, 1.807) is 6.92 Å². The topological polar surface area (TPSA) is 247 Å². The molecule has 10 N–H and O–H groups in total. The lowest BCUT2D eigenvalue weighted by Crippen LogP contribution is -2.65. The average molecular weight is 581 g/mol. The minimum atomic E-state index is -2.50. The average Bonchev–Trinajstić information content (AvgIpc) is 2.94. The molecule has 0 unspecified atom stereocenters. The third kappa shape index (κ3) is 4.52. The molecule has 2 fully saturated rings. The molecule has 14 heteroatoms. The zero-order valence-electron chi connectivity index (χ0n) is 21.7. The fraction of sp³-hybridized carbons (Fsp3) is 0.519. The molecule has 14 nitrogen and oxygen atoms in total. The predicted octanol–water partition coefficient (Wildman–Crippen LogP) is -3.50. The lowest BCUT2D eigenvalue weighted by atomic mass is 9.68. The Morgan fingerprint density at radius 1 is 0.805 bits per heavy atom. The Bertz CT molecular complexity index is 1310. The number of phenols is 1. The highest BCUT2D eigenvalue weighted by molar-refractivity contribution is 6.16. The summed E-state index contributed by atoms with van der Waals surface area (Å²) in [5.74, 6) is -1.70. The summed E-state index contributed by atoms with van der Waals surface area (Å²) in [5, 5.41) is 105. The molecule has 5 rings (SSSR count). The summed E-state index contributed by atoms with van der Waals surface area (Å²) >= 11 is 0. The van der Waals surface area contributed by atoms with Gasteiger partial charge in [0.25, 0.3) is 0 Å². The van der Waals surface area contributed by atoms with Crippen molar-refractivity contribution in [3.05, 3.63) is 58.1 Å². The van der Waals surface area contributed by atoms with Crippen LogP contribution in [0.15, 0.2) is 30.3 Å². The SMILES string of the molecule is Cc1cc(O)c2c(c1)[C@](O)([C@@H]1O[C@H](CO)[C@@H](O)[C@@H](O)[C@@H]1O)c1cccc(O[C@H]3O[C@H](CO)[C@@H](O)[C@@H](O)[C@@H]3O)c1C2=O. The normalized spacial score (nSPS) is 38.7. The Balaban J connectivity index is 1.68. The Hall–Kier alpha value is -2.73. The number of carbonyl (C=O) groups is 1. The summed E-state index contributed by atoms with van der Waals surface area (Å²) in [6.07, 6.45) is -17.1. The molecule has 0 saturated carbocycles. The maximum absolute atomic E-state index is 13.9. The van der Waals surface area contributed by atoms with Gasteiger partial charge in [-0.3, -0.25) is 4.79 Å². The molecule has 41 heavy (non-hydrogen) atoms. The molecule has 1 aliphatic carbocycles. The summed E-state index contributed by atoms with van der Waals surface area (Å²) in [4.78, 5) is 13.9. The zero-order chi connectivity index (χ0) is 30.0. The van der Waals surface area contributed by atoms with Gasteiger partial charge < -0.3 is 65.3 Å². The minimum absolute atomic E-state index is 0.193. The summed E-state index contributed by atoms with van der Waals surface area (Å²) in [6.45, 7) is 0.0376. The molecule has 2 heterocycles. The summed E-state index contributed by atoms with van der Waals surface area (Å²) in [6, 6.07) is 6.55. The van der Waals surface area contributed by atoms with E-state index in [4.69, 9.17) is 14.2 Å². The quantitative estimate of drug-likeness (QED) is 0.165. The standard InChI is InChI=1S/C27H32O14/c1-9-5-11-16(12(30)6-9)20(33)17-10(27(11,38)25-23(36)21(34)18(31)14(7-28)39-25)3-2-4-13(17)40-26-24(37)22(35)19(32)15(8-29)41-26/h2-6,14-15,18-19,21-26,28-32,34-38H,7-8H2,1H3/t14-,15-,18-,19-,21-,22-,23+,24+,25-,26+,27+/m1/s1. The molecule has 224 valence electrons. The number of hydrogen-bond acceptors (Lipinski definition) is 14. The molecule has 0 aromatic heterocycles. The first-order chi connectivity index (χ1) is 19.4. The molecule has 0 amide bonds. The fourth-order valence-corrected chi connectivity index (χ4v) is 5.80. The van der Waals surface area contributed by atoms with Gasteiger partial charge in [-0.15, -0.1) is 0 Å². The molecule has 2 saturated heterocycles. The smallest absolute Gasteiger partial charge is 0.229 e. The number of rotatable bonds is 5. The van der Waals surface area contributed by atoms with Crippen molar-refractivity contribution in [2.24, 2.45) is 0 Å². The van der Waals surface area contributed by atoms with Gasteiger partial charge in [0.05, 0.1) is 24.3 Å². The number of ketones is 1. The third-order valence-electron chi connectivity index (χ3n) is 7.96. The van der Waals surface area contributed by atoms with Crippen LogP contribution in [0.3, 0.4) is 0 Å². The van der Waals surface area contributed by atoms with Crippen LogP contribution in [0.1, 0.15) is 32.6 Å². The Morgan fingerprint density at radius 3 is 2.05 bits per heavy atom. The van der Waals surface area contributed by atoms with E-state index in [1.807, 2.05) is 0 Å². The first kappa shape index (κ1) is 29.8. The van der Waals surface area contributed by atoms with Crippen molar-refractivity contribution in [2.75, 3.05) is 13.2 Å². The van der Waals surface area contributed by atoms with Crippen LogP contribution in [0.25, 0.3) is 0 Å². The second-order valence-electron chi connectivity index (χ2n) is 10.5. The second kappa shape index (κ2) is 10.8. The van der Waals surface area contributed by atoms with Gasteiger partial charge in [0.1, 0.15) is 72.0 Å². The van der Waals surface area contributed by atoms with E-state index in [-0.39, 0.29) is 22.4 Å². The highest BCUT2D eigenvalue weighted by Gasteiger charge is 2.58. The second-order valence-corrected chi connectivity index (χ2v) is 10.5. The van der Waals surface area contributed by atoms with E-state index in [0.717, 1.165) is 0 Å². The van der Waals surface area contributed by atoms with Crippen LogP contribution in [0, 0.1) is 6.92 Å². The molecular formula is C27H32O14. The van der Waals surface area contributed by atoms with Crippen LogP contribution in [0.4, 0.5) is 0 Å². The molecule has 0 bridgehead atoms. The highest BCUT2D eigenvalue weighted by atomic mass is 16.7. The van der Waals surface area contributed by atoms with E-state index >= 15 is 0 Å². The molecule has 11 atom stereocenters. The summed E-state index contributed by atoms with van der Waals surface area (Å²) in [5.41, 5.74) is -3.25. The molecule has 0 spiro atoms. The van der Waals surface area contributed by atoms with Crippen LogP contribution < -0.4 is 4.74 Å². The maximum atomic E-state index is 13.9. The van der Waals surface area contributed by atoms with Crippen LogP contribution in [-0.2, 0) is 15.1 Å². The van der Waals surface area contributed by atoms with Gasteiger partial charge in [-0.2, -0.15) is 0 Å². The van der Waals surface area contributed by atoms with Crippen LogP contribution >= 0.6 is 0 Å². The van der Waals surface area contributed by atoms with Crippen molar-refractivity contribution in [1.82, 2.24) is 0 Å². The fourth-order valence-electron chi connectivity index (χ4n) is 5.80. The first-order valence-electron chi connectivity index (χ1n) is 12.9. The molecule has 2 aromatic carbocycles. The number of benzene rings is 2. The number of aromatic hydroxyl groups is 1. The van der Waals surface area contributed by atoms with E-state index < -0.39 is 97.1 Å². The summed E-state index contributed by atoms with van der Waals surface area (Å²) < 4.78 is 16.9. The Kier molecular flexibility index (Phi) is 7.86. The highest BCUT2D eigenvalue weighted by Crippen LogP contribution is 2.50. The van der Waals surface area contributed by atoms with E-state index in [0.29, 0.717) is 5.56 Å². The van der Waals surface area contributed by atoms with Crippen LogP contribution in [0.2, 0.25) is 0 Å². The van der Waals surface area contributed by atoms with Gasteiger partial charge in [-0.25, -0.2) is 0 Å². The largest absolute Gasteiger partial charge is 0.507 e. The van der Waals surface area contributed by atoms with E-state index in [2.05, 4.69) is 0 Å². The number of aryl methyl sites for hydroxylation is 1. The van der Waals surface area contributed by atoms with Gasteiger partial charge >= 0.3 is 0 Å². The minimum Gasteiger partial charge on any atom is -0.507 e. The van der Waals surface area contributed by atoms with Crippen LogP contribution in [-0.4, -0.2) is 131 Å². The lowest BCUT2D eigenvalue weighted by Gasteiger charge is -2.49. The number of aliphatic hydroxyl groups excluding tert-OH is 8. The van der Waals surface area contributed by atoms with Crippen molar-refractivity contribution < 1.29 is 70.1 Å². The van der Waals surface area contributed by atoms with Gasteiger partial charge in [0.2, 0.25) is 12.1 Å². The summed E-state index contributed by atoms with van der Waals surface area (Å²) in [7, 11) is 0. The maximum Gasteiger partial charge on any atom is 0.229 e. The molecule has 0 radical (unpaired) electrons. The Morgan fingerprint density at radius 2 is 1.41 bits per heavy atom. The number of carbonyl (C=O) groups excluding carboxylic acids is 1. The Labute approximate surface area is 232 Å². The number of ether oxygens (including phenoxy) is 3. The van der Waals surface area contributed by atoms with Crippen molar-refractivity contribution in [3.8, 4) is 11.5 Å². The molecule has 2 aromatic rings. The van der Waals surface area contributed by atoms with Crippen molar-refractivity contribution in [2.45, 2.75) is 73.8 Å². The van der Waals surface area contributed by atoms with Gasteiger partial charge in [-0.05, 0) is 24.6 Å². The third-order valence-corrected chi connectivity index (χ3v) is 7.96. The van der Waals surface area contributed by atoms with Crippen LogP contribution in [0.5, 0.6) is 11.5 Å². The molecular weight excluding hydrogens is 548 g/mol.